The number of rotatable bonds is 2. The number of anilines is 1. The second kappa shape index (κ2) is 4.70. The molecule has 0 spiro atoms. The SMILES string of the molecule is O=C1CC(CO)CN1c1c(F)cc(Br)cc1F. The predicted molar refractivity (Wildman–Crippen MR) is 61.6 cm³/mol. The van der Waals surface area contributed by atoms with Gasteiger partial charge in [0.25, 0.3) is 0 Å². The molecule has 6 heteroatoms. The standard InChI is InChI=1S/C11H10BrF2NO2/c12-7-2-8(13)11(9(14)3-7)15-4-6(5-16)1-10(15)17/h2-3,6,16H,1,4-5H2. The molecule has 1 atom stereocenters. The maximum atomic E-state index is 13.6. The lowest BCUT2D eigenvalue weighted by Crippen LogP contribution is -2.27. The lowest BCUT2D eigenvalue weighted by atomic mass is 10.1. The van der Waals surface area contributed by atoms with Crippen LogP contribution < -0.4 is 4.90 Å². The number of amides is 1. The van der Waals surface area contributed by atoms with Gasteiger partial charge in [-0.1, -0.05) is 15.9 Å². The number of nitrogens with zero attached hydrogens (tertiary/aromatic N) is 1. The van der Waals surface area contributed by atoms with Gasteiger partial charge in [-0.05, 0) is 12.1 Å². The number of benzene rings is 1. The van der Waals surface area contributed by atoms with Gasteiger partial charge in [0.05, 0.1) is 0 Å². The lowest BCUT2D eigenvalue weighted by Gasteiger charge is -2.18. The molecule has 1 aromatic rings. The summed E-state index contributed by atoms with van der Waals surface area (Å²) in [6, 6.07) is 2.22. The molecule has 1 aromatic carbocycles. The van der Waals surface area contributed by atoms with Gasteiger partial charge in [-0.25, -0.2) is 8.78 Å². The summed E-state index contributed by atoms with van der Waals surface area (Å²) in [5.41, 5.74) is -0.339. The van der Waals surface area contributed by atoms with Crippen LogP contribution in [0, 0.1) is 17.6 Å². The van der Waals surface area contributed by atoms with Crippen molar-refractivity contribution in [2.75, 3.05) is 18.1 Å². The summed E-state index contributed by atoms with van der Waals surface area (Å²) in [4.78, 5) is 12.7. The Morgan fingerprint density at radius 3 is 2.47 bits per heavy atom. The number of carbonyl (C=O) groups excluding carboxylic acids is 1. The van der Waals surface area contributed by atoms with E-state index in [-0.39, 0.29) is 41.6 Å². The number of halogens is 3. The summed E-state index contributed by atoms with van der Waals surface area (Å²) >= 11 is 2.97. The van der Waals surface area contributed by atoms with Crippen molar-refractivity contribution in [3.8, 4) is 0 Å². The second-order valence-electron chi connectivity index (χ2n) is 3.98. The van der Waals surface area contributed by atoms with Crippen molar-refractivity contribution in [1.29, 1.82) is 0 Å². The molecular formula is C11H10BrF2NO2. The van der Waals surface area contributed by atoms with E-state index < -0.39 is 11.6 Å². The first-order chi connectivity index (χ1) is 8.02. The smallest absolute Gasteiger partial charge is 0.227 e. The third-order valence-electron chi connectivity index (χ3n) is 2.71. The van der Waals surface area contributed by atoms with E-state index in [1.807, 2.05) is 0 Å². The fraction of sp³-hybridized carbons (Fsp3) is 0.364. The molecule has 0 aliphatic carbocycles. The van der Waals surface area contributed by atoms with E-state index in [0.717, 1.165) is 17.0 Å². The first-order valence-corrected chi connectivity index (χ1v) is 5.88. The maximum Gasteiger partial charge on any atom is 0.227 e. The second-order valence-corrected chi connectivity index (χ2v) is 4.89. The highest BCUT2D eigenvalue weighted by molar-refractivity contribution is 9.10. The summed E-state index contributed by atoms with van der Waals surface area (Å²) in [6.45, 7) is -0.0210. The van der Waals surface area contributed by atoms with Crippen molar-refractivity contribution < 1.29 is 18.7 Å². The van der Waals surface area contributed by atoms with Crippen LogP contribution in [0.3, 0.4) is 0 Å². The van der Waals surface area contributed by atoms with Gasteiger partial charge in [-0.2, -0.15) is 0 Å². The minimum absolute atomic E-state index is 0.117. The molecule has 0 aromatic heterocycles. The Bertz CT molecular complexity index is 444. The van der Waals surface area contributed by atoms with Crippen molar-refractivity contribution in [2.24, 2.45) is 5.92 Å². The Labute approximate surface area is 105 Å². The third kappa shape index (κ3) is 2.32. The van der Waals surface area contributed by atoms with Crippen LogP contribution in [-0.2, 0) is 4.79 Å². The number of hydrogen-bond donors (Lipinski definition) is 1. The zero-order valence-corrected chi connectivity index (χ0v) is 10.4. The fourth-order valence-electron chi connectivity index (χ4n) is 1.91. The monoisotopic (exact) mass is 305 g/mol. The van der Waals surface area contributed by atoms with Crippen molar-refractivity contribution in [2.45, 2.75) is 6.42 Å². The highest BCUT2D eigenvalue weighted by atomic mass is 79.9. The maximum absolute atomic E-state index is 13.6. The van der Waals surface area contributed by atoms with Crippen LogP contribution >= 0.6 is 15.9 Å². The van der Waals surface area contributed by atoms with Gasteiger partial charge in [0.2, 0.25) is 5.91 Å². The van der Waals surface area contributed by atoms with Crippen LogP contribution in [0.5, 0.6) is 0 Å². The van der Waals surface area contributed by atoms with E-state index in [4.69, 9.17) is 5.11 Å². The molecule has 1 aliphatic heterocycles. The molecule has 1 heterocycles. The van der Waals surface area contributed by atoms with Crippen molar-refractivity contribution in [3.05, 3.63) is 28.2 Å². The van der Waals surface area contributed by atoms with E-state index in [2.05, 4.69) is 15.9 Å². The molecule has 1 amide bonds. The van der Waals surface area contributed by atoms with Crippen LogP contribution in [0.2, 0.25) is 0 Å². The molecule has 0 radical (unpaired) electrons. The van der Waals surface area contributed by atoms with E-state index in [0.29, 0.717) is 0 Å². The zero-order chi connectivity index (χ0) is 12.6. The van der Waals surface area contributed by atoms with Crippen LogP contribution in [0.25, 0.3) is 0 Å². The Hall–Kier alpha value is -1.01. The summed E-state index contributed by atoms with van der Waals surface area (Å²) < 4.78 is 27.6. The van der Waals surface area contributed by atoms with Crippen LogP contribution in [0.1, 0.15) is 6.42 Å². The molecule has 1 aliphatic rings. The minimum atomic E-state index is -0.788. The topological polar surface area (TPSA) is 40.5 Å². The van der Waals surface area contributed by atoms with E-state index >= 15 is 0 Å². The van der Waals surface area contributed by atoms with Crippen LogP contribution in [-0.4, -0.2) is 24.2 Å². The van der Waals surface area contributed by atoms with Gasteiger partial charge in [0.15, 0.2) is 11.6 Å². The first-order valence-electron chi connectivity index (χ1n) is 5.08. The van der Waals surface area contributed by atoms with Crippen LogP contribution in [0.4, 0.5) is 14.5 Å². The average molecular weight is 306 g/mol. The van der Waals surface area contributed by atoms with Gasteiger partial charge < -0.3 is 10.0 Å². The van der Waals surface area contributed by atoms with E-state index in [1.165, 1.54) is 0 Å². The average Bonchev–Trinajstić information content (AvgIpc) is 2.59. The number of aliphatic hydroxyl groups is 1. The van der Waals surface area contributed by atoms with Gasteiger partial charge in [-0.15, -0.1) is 0 Å². The van der Waals surface area contributed by atoms with Crippen LogP contribution in [0.15, 0.2) is 16.6 Å². The Morgan fingerprint density at radius 1 is 1.41 bits per heavy atom. The summed E-state index contributed by atoms with van der Waals surface area (Å²) in [6.07, 6.45) is 0.117. The molecule has 1 saturated heterocycles. The Kier molecular flexibility index (Phi) is 3.44. The summed E-state index contributed by atoms with van der Waals surface area (Å²) in [7, 11) is 0. The molecule has 0 bridgehead atoms. The quantitative estimate of drug-likeness (QED) is 0.909. The van der Waals surface area contributed by atoms with Crippen molar-refractivity contribution >= 4 is 27.5 Å². The number of hydrogen-bond acceptors (Lipinski definition) is 2. The molecule has 2 rings (SSSR count). The van der Waals surface area contributed by atoms with Gasteiger partial charge >= 0.3 is 0 Å². The zero-order valence-electron chi connectivity index (χ0n) is 8.79. The van der Waals surface area contributed by atoms with E-state index in [9.17, 15) is 13.6 Å². The van der Waals surface area contributed by atoms with Gasteiger partial charge in [0.1, 0.15) is 5.69 Å². The first kappa shape index (κ1) is 12.4. The number of aliphatic hydroxyl groups excluding tert-OH is 1. The third-order valence-corrected chi connectivity index (χ3v) is 3.17. The summed E-state index contributed by atoms with van der Waals surface area (Å²) in [5, 5.41) is 8.96. The molecule has 1 N–H and O–H groups in total. The van der Waals surface area contributed by atoms with Gasteiger partial charge in [-0.3, -0.25) is 4.79 Å². The highest BCUT2D eigenvalue weighted by Gasteiger charge is 2.33. The Morgan fingerprint density at radius 2 is 2.00 bits per heavy atom. The lowest BCUT2D eigenvalue weighted by molar-refractivity contribution is -0.117. The predicted octanol–water partition coefficient (Wildman–Crippen LogP) is 2.07. The largest absolute Gasteiger partial charge is 0.396 e. The number of carbonyl (C=O) groups is 1. The highest BCUT2D eigenvalue weighted by Crippen LogP contribution is 2.31. The molecule has 1 unspecified atom stereocenters. The van der Waals surface area contributed by atoms with E-state index in [1.54, 1.807) is 0 Å². The van der Waals surface area contributed by atoms with Crippen molar-refractivity contribution in [1.82, 2.24) is 0 Å². The molecule has 1 fully saturated rings. The molecular weight excluding hydrogens is 296 g/mol. The normalized spacial score (nSPS) is 20.1. The molecule has 17 heavy (non-hydrogen) atoms. The molecule has 0 saturated carbocycles. The molecule has 92 valence electrons. The van der Waals surface area contributed by atoms with Gasteiger partial charge in [0, 0.05) is 30.0 Å². The summed E-state index contributed by atoms with van der Waals surface area (Å²) in [5.74, 6) is -2.21. The molecule has 3 nitrogen and oxygen atoms in total. The minimum Gasteiger partial charge on any atom is -0.396 e. The fourth-order valence-corrected chi connectivity index (χ4v) is 2.31. The Balaban J connectivity index is 2.38. The van der Waals surface area contributed by atoms with Crippen molar-refractivity contribution in [3.63, 3.8) is 0 Å².